The van der Waals surface area contributed by atoms with Crippen molar-refractivity contribution in [2.75, 3.05) is 13.2 Å². The molecule has 120 valence electrons. The van der Waals surface area contributed by atoms with Crippen molar-refractivity contribution >= 4 is 5.97 Å². The van der Waals surface area contributed by atoms with E-state index in [4.69, 9.17) is 4.74 Å². The van der Waals surface area contributed by atoms with Crippen LogP contribution in [0.15, 0.2) is 18.2 Å². The maximum Gasteiger partial charge on any atom is 0.310 e. The number of carbonyl (C=O) groups is 1. The van der Waals surface area contributed by atoms with Gasteiger partial charge in [0.2, 0.25) is 0 Å². The van der Waals surface area contributed by atoms with Crippen molar-refractivity contribution in [1.29, 1.82) is 0 Å². The molecule has 0 spiro atoms. The molecule has 2 atom stereocenters. The molecule has 0 unspecified atom stereocenters. The first kappa shape index (κ1) is 15.3. The van der Waals surface area contributed by atoms with E-state index >= 15 is 0 Å². The number of ether oxygens (including phenoxy) is 1. The topological polar surface area (TPSA) is 78.8 Å². The maximum atomic E-state index is 11.6. The van der Waals surface area contributed by atoms with Gasteiger partial charge in [0.05, 0.1) is 11.5 Å². The molecule has 0 radical (unpaired) electrons. The fourth-order valence-corrected chi connectivity index (χ4v) is 3.51. The normalized spacial score (nSPS) is 26.3. The van der Waals surface area contributed by atoms with Crippen molar-refractivity contribution in [2.24, 2.45) is 5.41 Å². The molecular formula is C17H23NO4. The molecule has 1 aliphatic carbocycles. The number of carboxylic acid groups (broad SMARTS) is 1. The number of nitrogens with one attached hydrogen (secondary N) is 1. The number of aryl methyl sites for hydroxylation is 1. The summed E-state index contributed by atoms with van der Waals surface area (Å²) in [6.45, 7) is 2.72. The zero-order chi connectivity index (χ0) is 15.7. The molecule has 1 saturated carbocycles. The van der Waals surface area contributed by atoms with Crippen LogP contribution in [-0.4, -0.2) is 35.4 Å². The Bertz CT molecular complexity index is 566. The van der Waals surface area contributed by atoms with Crippen molar-refractivity contribution in [3.63, 3.8) is 0 Å². The molecule has 0 amide bonds. The van der Waals surface area contributed by atoms with E-state index in [1.165, 1.54) is 0 Å². The van der Waals surface area contributed by atoms with Gasteiger partial charge in [-0.2, -0.15) is 0 Å². The van der Waals surface area contributed by atoms with E-state index < -0.39 is 17.5 Å². The monoisotopic (exact) mass is 305 g/mol. The molecule has 3 rings (SSSR count). The summed E-state index contributed by atoms with van der Waals surface area (Å²) in [6.07, 6.45) is 2.65. The first-order valence-corrected chi connectivity index (χ1v) is 7.90. The molecule has 1 aromatic carbocycles. The van der Waals surface area contributed by atoms with E-state index in [0.717, 1.165) is 29.7 Å². The lowest BCUT2D eigenvalue weighted by Gasteiger charge is -2.34. The first-order valence-electron chi connectivity index (χ1n) is 7.90. The van der Waals surface area contributed by atoms with Gasteiger partial charge in [-0.1, -0.05) is 25.0 Å². The Labute approximate surface area is 130 Å². The summed E-state index contributed by atoms with van der Waals surface area (Å²) >= 11 is 0. The van der Waals surface area contributed by atoms with Gasteiger partial charge in [0.1, 0.15) is 18.5 Å². The average Bonchev–Trinajstić information content (AvgIpc) is 2.97. The minimum absolute atomic E-state index is 0.271. The number of fused-ring (bicyclic) bond motifs is 1. The van der Waals surface area contributed by atoms with Crippen LogP contribution in [0.4, 0.5) is 0 Å². The summed E-state index contributed by atoms with van der Waals surface area (Å²) < 4.78 is 5.73. The summed E-state index contributed by atoms with van der Waals surface area (Å²) in [5, 5.41) is 23.3. The Balaban J connectivity index is 1.69. The van der Waals surface area contributed by atoms with Gasteiger partial charge in [0, 0.05) is 12.1 Å². The molecule has 3 N–H and O–H groups in total. The van der Waals surface area contributed by atoms with Crippen LogP contribution in [0.1, 0.15) is 42.9 Å². The van der Waals surface area contributed by atoms with Gasteiger partial charge in [-0.15, -0.1) is 0 Å². The van der Waals surface area contributed by atoms with Crippen molar-refractivity contribution in [2.45, 2.75) is 44.8 Å². The molecule has 2 aliphatic rings. The Morgan fingerprint density at radius 2 is 2.14 bits per heavy atom. The van der Waals surface area contributed by atoms with Crippen molar-refractivity contribution in [3.8, 4) is 5.75 Å². The van der Waals surface area contributed by atoms with Crippen LogP contribution < -0.4 is 10.1 Å². The Morgan fingerprint density at radius 3 is 2.82 bits per heavy atom. The van der Waals surface area contributed by atoms with E-state index in [-0.39, 0.29) is 6.04 Å². The quantitative estimate of drug-likeness (QED) is 0.793. The van der Waals surface area contributed by atoms with E-state index in [9.17, 15) is 15.0 Å². The lowest BCUT2D eigenvalue weighted by Crippen LogP contribution is -2.48. The SMILES string of the molecule is Cc1ccc2c(c1)OC[C@@H](NCC1(C(=O)O)CCCC1)[C@H]2O. The van der Waals surface area contributed by atoms with Crippen molar-refractivity contribution in [3.05, 3.63) is 29.3 Å². The number of hydrogen-bond acceptors (Lipinski definition) is 4. The highest BCUT2D eigenvalue weighted by Gasteiger charge is 2.42. The summed E-state index contributed by atoms with van der Waals surface area (Å²) in [7, 11) is 0. The molecule has 1 aliphatic heterocycles. The zero-order valence-corrected chi connectivity index (χ0v) is 12.8. The van der Waals surface area contributed by atoms with E-state index in [0.29, 0.717) is 26.0 Å². The number of rotatable bonds is 4. The third-order valence-corrected chi connectivity index (χ3v) is 5.00. The Kier molecular flexibility index (Phi) is 4.10. The molecule has 5 nitrogen and oxygen atoms in total. The molecule has 1 aromatic rings. The standard InChI is InChI=1S/C17H23NO4/c1-11-4-5-12-14(8-11)22-9-13(15(12)19)18-10-17(16(20)21)6-2-3-7-17/h4-5,8,13,15,18-19H,2-3,6-7,9-10H2,1H3,(H,20,21)/t13-,15+/m1/s1. The van der Waals surface area contributed by atoms with E-state index in [1.807, 2.05) is 25.1 Å². The van der Waals surface area contributed by atoms with E-state index in [2.05, 4.69) is 5.32 Å². The number of benzene rings is 1. The molecule has 0 bridgehead atoms. The summed E-state index contributed by atoms with van der Waals surface area (Å²) in [6, 6.07) is 5.48. The second kappa shape index (κ2) is 5.89. The predicted octanol–water partition coefficient (Wildman–Crippen LogP) is 2.02. The molecule has 0 aromatic heterocycles. The second-order valence-electron chi connectivity index (χ2n) is 6.58. The lowest BCUT2D eigenvalue weighted by molar-refractivity contribution is -0.148. The minimum Gasteiger partial charge on any atom is -0.491 e. The third kappa shape index (κ3) is 2.71. The predicted molar refractivity (Wildman–Crippen MR) is 82.0 cm³/mol. The van der Waals surface area contributed by atoms with Gasteiger partial charge in [0.15, 0.2) is 0 Å². The molecule has 22 heavy (non-hydrogen) atoms. The maximum absolute atomic E-state index is 11.6. The minimum atomic E-state index is -0.736. The number of aliphatic hydroxyl groups is 1. The lowest BCUT2D eigenvalue weighted by atomic mass is 9.85. The van der Waals surface area contributed by atoms with Gasteiger partial charge < -0.3 is 20.3 Å². The Morgan fingerprint density at radius 1 is 1.41 bits per heavy atom. The summed E-state index contributed by atoms with van der Waals surface area (Å²) in [5.41, 5.74) is 1.17. The van der Waals surface area contributed by atoms with Crippen LogP contribution in [0.2, 0.25) is 0 Å². The average molecular weight is 305 g/mol. The molecule has 5 heteroatoms. The van der Waals surface area contributed by atoms with Crippen molar-refractivity contribution in [1.82, 2.24) is 5.32 Å². The van der Waals surface area contributed by atoms with Gasteiger partial charge >= 0.3 is 5.97 Å². The largest absolute Gasteiger partial charge is 0.491 e. The molecule has 1 heterocycles. The number of aliphatic carboxylic acids is 1. The van der Waals surface area contributed by atoms with Gasteiger partial charge in [0.25, 0.3) is 0 Å². The fraction of sp³-hybridized carbons (Fsp3) is 0.588. The number of hydrogen-bond donors (Lipinski definition) is 3. The van der Waals surface area contributed by atoms with Crippen LogP contribution in [-0.2, 0) is 4.79 Å². The Hall–Kier alpha value is -1.59. The zero-order valence-electron chi connectivity index (χ0n) is 12.8. The van der Waals surface area contributed by atoms with Crippen LogP contribution in [0.3, 0.4) is 0 Å². The smallest absolute Gasteiger partial charge is 0.310 e. The van der Waals surface area contributed by atoms with Crippen LogP contribution >= 0.6 is 0 Å². The van der Waals surface area contributed by atoms with E-state index in [1.54, 1.807) is 0 Å². The van der Waals surface area contributed by atoms with Gasteiger partial charge in [-0.25, -0.2) is 0 Å². The first-order chi connectivity index (χ1) is 10.5. The highest BCUT2D eigenvalue weighted by atomic mass is 16.5. The van der Waals surface area contributed by atoms with Gasteiger partial charge in [-0.05, 0) is 31.4 Å². The molecule has 1 fully saturated rings. The number of aliphatic hydroxyl groups excluding tert-OH is 1. The number of carboxylic acids is 1. The highest BCUT2D eigenvalue weighted by molar-refractivity contribution is 5.75. The second-order valence-corrected chi connectivity index (χ2v) is 6.58. The fourth-order valence-electron chi connectivity index (χ4n) is 3.51. The van der Waals surface area contributed by atoms with Gasteiger partial charge in [-0.3, -0.25) is 4.79 Å². The van der Waals surface area contributed by atoms with Crippen LogP contribution in [0, 0.1) is 12.3 Å². The molecular weight excluding hydrogens is 282 g/mol. The summed E-state index contributed by atoms with van der Waals surface area (Å²) in [4.78, 5) is 11.6. The third-order valence-electron chi connectivity index (χ3n) is 5.00. The van der Waals surface area contributed by atoms with Crippen molar-refractivity contribution < 1.29 is 19.7 Å². The highest BCUT2D eigenvalue weighted by Crippen LogP contribution is 2.39. The summed E-state index contributed by atoms with van der Waals surface area (Å²) in [5.74, 6) is -0.0147. The molecule has 0 saturated heterocycles. The van der Waals surface area contributed by atoms with Crippen LogP contribution in [0.5, 0.6) is 5.75 Å². The van der Waals surface area contributed by atoms with Crippen LogP contribution in [0.25, 0.3) is 0 Å².